The quantitative estimate of drug-likeness (QED) is 0.854. The standard InChI is InChI=1S/C16H16FNOS/c1-2-11-4-3-5-14(8-11)19-10-13-9-12(16(18)20)6-7-15(13)17/h3-9H,2,10H2,1H3,(H2,18,20). The van der Waals surface area contributed by atoms with Gasteiger partial charge in [0.25, 0.3) is 0 Å². The molecule has 0 aliphatic rings. The van der Waals surface area contributed by atoms with Crippen LogP contribution in [0.4, 0.5) is 4.39 Å². The fourth-order valence-electron chi connectivity index (χ4n) is 1.85. The Morgan fingerprint density at radius 2 is 2.05 bits per heavy atom. The number of hydrogen-bond donors (Lipinski definition) is 1. The molecule has 0 aliphatic heterocycles. The van der Waals surface area contributed by atoms with Crippen molar-refractivity contribution in [2.24, 2.45) is 5.73 Å². The number of aryl methyl sites for hydroxylation is 1. The summed E-state index contributed by atoms with van der Waals surface area (Å²) in [4.78, 5) is 0.249. The number of nitrogens with two attached hydrogens (primary N) is 1. The summed E-state index contributed by atoms with van der Waals surface area (Å²) in [6, 6.07) is 12.3. The van der Waals surface area contributed by atoms with Gasteiger partial charge in [0.05, 0.1) is 0 Å². The lowest BCUT2D eigenvalue weighted by atomic mass is 10.1. The highest BCUT2D eigenvalue weighted by Crippen LogP contribution is 2.17. The molecule has 0 saturated carbocycles. The number of ether oxygens (including phenoxy) is 1. The molecule has 0 amide bonds. The fourth-order valence-corrected chi connectivity index (χ4v) is 1.98. The van der Waals surface area contributed by atoms with Gasteiger partial charge in [-0.2, -0.15) is 0 Å². The Kier molecular flexibility index (Phi) is 4.69. The third-order valence-electron chi connectivity index (χ3n) is 3.03. The van der Waals surface area contributed by atoms with Crippen LogP contribution in [0.2, 0.25) is 0 Å². The molecule has 20 heavy (non-hydrogen) atoms. The van der Waals surface area contributed by atoms with E-state index < -0.39 is 0 Å². The maximum Gasteiger partial charge on any atom is 0.129 e. The Balaban J connectivity index is 2.13. The van der Waals surface area contributed by atoms with Gasteiger partial charge in [-0.3, -0.25) is 0 Å². The Labute approximate surface area is 123 Å². The number of rotatable bonds is 5. The van der Waals surface area contributed by atoms with Crippen LogP contribution in [-0.2, 0) is 13.0 Å². The summed E-state index contributed by atoms with van der Waals surface area (Å²) in [5.41, 5.74) is 7.81. The number of thiocarbonyl (C=S) groups is 1. The highest BCUT2D eigenvalue weighted by molar-refractivity contribution is 7.80. The molecular weight excluding hydrogens is 273 g/mol. The van der Waals surface area contributed by atoms with E-state index in [1.165, 1.54) is 11.6 Å². The van der Waals surface area contributed by atoms with Crippen LogP contribution < -0.4 is 10.5 Å². The smallest absolute Gasteiger partial charge is 0.129 e. The van der Waals surface area contributed by atoms with Crippen LogP contribution in [0.25, 0.3) is 0 Å². The molecule has 2 nitrogen and oxygen atoms in total. The van der Waals surface area contributed by atoms with Crippen molar-refractivity contribution in [3.63, 3.8) is 0 Å². The molecule has 0 fully saturated rings. The van der Waals surface area contributed by atoms with Gasteiger partial charge in [0.15, 0.2) is 0 Å². The van der Waals surface area contributed by atoms with Crippen LogP contribution in [0.15, 0.2) is 42.5 Å². The van der Waals surface area contributed by atoms with Crippen LogP contribution in [0, 0.1) is 5.82 Å². The predicted octanol–water partition coefficient (Wildman–Crippen LogP) is 3.60. The van der Waals surface area contributed by atoms with Crippen molar-refractivity contribution >= 4 is 17.2 Å². The van der Waals surface area contributed by atoms with Gasteiger partial charge in [0.1, 0.15) is 23.2 Å². The largest absolute Gasteiger partial charge is 0.489 e. The molecule has 0 aromatic heterocycles. The molecule has 0 heterocycles. The third-order valence-corrected chi connectivity index (χ3v) is 3.27. The highest BCUT2D eigenvalue weighted by atomic mass is 32.1. The van der Waals surface area contributed by atoms with E-state index in [1.807, 2.05) is 24.3 Å². The number of benzene rings is 2. The van der Waals surface area contributed by atoms with Gasteiger partial charge in [-0.05, 0) is 42.3 Å². The van der Waals surface area contributed by atoms with Gasteiger partial charge < -0.3 is 10.5 Å². The van der Waals surface area contributed by atoms with Crippen molar-refractivity contribution in [3.8, 4) is 5.75 Å². The molecule has 0 bridgehead atoms. The van der Waals surface area contributed by atoms with Gasteiger partial charge in [0, 0.05) is 11.1 Å². The first-order valence-corrected chi connectivity index (χ1v) is 6.81. The summed E-state index contributed by atoms with van der Waals surface area (Å²) in [7, 11) is 0. The molecule has 0 unspecified atom stereocenters. The van der Waals surface area contributed by atoms with Crippen molar-refractivity contribution in [2.75, 3.05) is 0 Å². The van der Waals surface area contributed by atoms with Gasteiger partial charge >= 0.3 is 0 Å². The van der Waals surface area contributed by atoms with Crippen LogP contribution in [0.3, 0.4) is 0 Å². The normalized spacial score (nSPS) is 10.3. The molecule has 0 aliphatic carbocycles. The minimum Gasteiger partial charge on any atom is -0.489 e. The van der Waals surface area contributed by atoms with Gasteiger partial charge in [-0.15, -0.1) is 0 Å². The van der Waals surface area contributed by atoms with E-state index in [-0.39, 0.29) is 17.4 Å². The van der Waals surface area contributed by atoms with Crippen LogP contribution in [-0.4, -0.2) is 4.99 Å². The lowest BCUT2D eigenvalue weighted by molar-refractivity contribution is 0.299. The maximum absolute atomic E-state index is 13.7. The Morgan fingerprint density at radius 3 is 2.75 bits per heavy atom. The zero-order valence-corrected chi connectivity index (χ0v) is 12.0. The lowest BCUT2D eigenvalue weighted by Crippen LogP contribution is -2.10. The molecule has 2 rings (SSSR count). The van der Waals surface area contributed by atoms with Crippen molar-refractivity contribution in [2.45, 2.75) is 20.0 Å². The van der Waals surface area contributed by atoms with Gasteiger partial charge in [-0.1, -0.05) is 31.3 Å². The van der Waals surface area contributed by atoms with E-state index >= 15 is 0 Å². The molecule has 0 atom stereocenters. The zero-order valence-electron chi connectivity index (χ0n) is 11.2. The molecule has 104 valence electrons. The van der Waals surface area contributed by atoms with E-state index in [9.17, 15) is 4.39 Å². The highest BCUT2D eigenvalue weighted by Gasteiger charge is 2.06. The number of hydrogen-bond acceptors (Lipinski definition) is 2. The summed E-state index contributed by atoms with van der Waals surface area (Å²) < 4.78 is 19.3. The number of halogens is 1. The minimum atomic E-state index is -0.323. The topological polar surface area (TPSA) is 35.2 Å². The summed E-state index contributed by atoms with van der Waals surface area (Å²) in [5.74, 6) is 0.404. The van der Waals surface area contributed by atoms with Crippen molar-refractivity contribution in [1.82, 2.24) is 0 Å². The zero-order chi connectivity index (χ0) is 14.5. The summed E-state index contributed by atoms with van der Waals surface area (Å²) in [6.45, 7) is 2.22. The SMILES string of the molecule is CCc1cccc(OCc2cc(C(N)=S)ccc2F)c1. The van der Waals surface area contributed by atoms with Crippen molar-refractivity contribution in [1.29, 1.82) is 0 Å². The van der Waals surface area contributed by atoms with Crippen LogP contribution in [0.5, 0.6) is 5.75 Å². The Morgan fingerprint density at radius 1 is 1.25 bits per heavy atom. The van der Waals surface area contributed by atoms with Crippen LogP contribution >= 0.6 is 12.2 Å². The minimum absolute atomic E-state index is 0.148. The molecule has 0 radical (unpaired) electrons. The second-order valence-electron chi connectivity index (χ2n) is 4.46. The van der Waals surface area contributed by atoms with E-state index in [1.54, 1.807) is 12.1 Å². The molecule has 2 aromatic rings. The molecule has 0 saturated heterocycles. The first kappa shape index (κ1) is 14.5. The second kappa shape index (κ2) is 6.48. The average molecular weight is 289 g/mol. The second-order valence-corrected chi connectivity index (χ2v) is 4.90. The molecule has 2 aromatic carbocycles. The van der Waals surface area contributed by atoms with Gasteiger partial charge in [-0.25, -0.2) is 4.39 Å². The first-order chi connectivity index (χ1) is 9.60. The first-order valence-electron chi connectivity index (χ1n) is 6.40. The molecular formula is C16H16FNOS. The summed E-state index contributed by atoms with van der Waals surface area (Å²) in [6.07, 6.45) is 0.933. The summed E-state index contributed by atoms with van der Waals surface area (Å²) in [5, 5.41) is 0. The average Bonchev–Trinajstić information content (AvgIpc) is 2.46. The van der Waals surface area contributed by atoms with Crippen LogP contribution in [0.1, 0.15) is 23.6 Å². The molecule has 0 spiro atoms. The third kappa shape index (κ3) is 3.54. The van der Waals surface area contributed by atoms with Crippen molar-refractivity contribution in [3.05, 3.63) is 65.0 Å². The molecule has 4 heteroatoms. The van der Waals surface area contributed by atoms with Crippen molar-refractivity contribution < 1.29 is 9.13 Å². The Hall–Kier alpha value is -1.94. The van der Waals surface area contributed by atoms with E-state index in [4.69, 9.17) is 22.7 Å². The predicted molar refractivity (Wildman–Crippen MR) is 82.4 cm³/mol. The summed E-state index contributed by atoms with van der Waals surface area (Å²) >= 11 is 4.89. The monoisotopic (exact) mass is 289 g/mol. The fraction of sp³-hybridized carbons (Fsp3) is 0.188. The van der Waals surface area contributed by atoms with Gasteiger partial charge in [0.2, 0.25) is 0 Å². The maximum atomic E-state index is 13.7. The van der Waals surface area contributed by atoms with E-state index in [0.717, 1.165) is 12.2 Å². The van der Waals surface area contributed by atoms with E-state index in [2.05, 4.69) is 6.92 Å². The molecule has 2 N–H and O–H groups in total. The van der Waals surface area contributed by atoms with E-state index in [0.29, 0.717) is 11.1 Å². The lowest BCUT2D eigenvalue weighted by Gasteiger charge is -2.09. The Bertz CT molecular complexity index is 628.